The zero-order valence-electron chi connectivity index (χ0n) is 5.47. The van der Waals surface area contributed by atoms with Gasteiger partial charge < -0.3 is 0 Å². The third kappa shape index (κ3) is 1.50. The maximum Gasteiger partial charge on any atom is 0.151 e. The number of pyridine rings is 1. The van der Waals surface area contributed by atoms with E-state index in [4.69, 9.17) is 13.0 Å². The number of aldehydes is 1. The highest BCUT2D eigenvalue weighted by Gasteiger charge is 1.88. The molecule has 0 saturated heterocycles. The Labute approximate surface area is 58.9 Å². The monoisotopic (exact) mass is 142 g/mol. The summed E-state index contributed by atoms with van der Waals surface area (Å²) in [6.45, 7) is 0. The van der Waals surface area contributed by atoms with E-state index in [-0.39, 0.29) is 5.56 Å². The summed E-state index contributed by atoms with van der Waals surface area (Å²) >= 11 is 5.43. The predicted molar refractivity (Wildman–Crippen MR) is 34.6 cm³/mol. The highest BCUT2D eigenvalue weighted by Crippen LogP contribution is 2.02. The molecule has 1 rings (SSSR count). The maximum atomic E-state index is 10.3. The minimum Gasteiger partial charge on any atom is -0.298 e. The van der Waals surface area contributed by atoms with Crippen molar-refractivity contribution in [1.82, 2.24) is 4.98 Å². The van der Waals surface area contributed by atoms with Crippen LogP contribution >= 0.6 is 11.6 Å². The van der Waals surface area contributed by atoms with E-state index < -0.39 is 6.26 Å². The van der Waals surface area contributed by atoms with E-state index in [0.29, 0.717) is 5.15 Å². The van der Waals surface area contributed by atoms with Gasteiger partial charge in [-0.3, -0.25) is 4.79 Å². The molecular weight excluding hydrogens is 138 g/mol. The first-order valence-corrected chi connectivity index (χ1v) is 2.70. The molecule has 0 radical (unpaired) electrons. The van der Waals surface area contributed by atoms with E-state index in [1.165, 1.54) is 18.3 Å². The van der Waals surface area contributed by atoms with Gasteiger partial charge in [-0.15, -0.1) is 0 Å². The van der Waals surface area contributed by atoms with E-state index in [1.54, 1.807) is 0 Å². The van der Waals surface area contributed by atoms with Crippen molar-refractivity contribution >= 4 is 17.9 Å². The Hall–Kier alpha value is -0.890. The van der Waals surface area contributed by atoms with Crippen LogP contribution < -0.4 is 0 Å². The van der Waals surface area contributed by atoms with Crippen molar-refractivity contribution in [2.45, 2.75) is 0 Å². The van der Waals surface area contributed by atoms with Crippen molar-refractivity contribution in [3.8, 4) is 0 Å². The topological polar surface area (TPSA) is 30.0 Å². The molecule has 9 heavy (non-hydrogen) atoms. The van der Waals surface area contributed by atoms with Crippen LogP contribution in [0, 0.1) is 0 Å². The fraction of sp³-hybridized carbons (Fsp3) is 0. The second kappa shape index (κ2) is 2.60. The molecule has 0 unspecified atom stereocenters. The fourth-order valence-electron chi connectivity index (χ4n) is 0.436. The number of hydrogen-bond donors (Lipinski definition) is 0. The zero-order chi connectivity index (χ0) is 7.56. The minimum absolute atomic E-state index is 0.254. The molecule has 0 amide bonds. The standard InChI is InChI=1S/C6H4ClNO/c7-6-2-1-5(4-9)3-8-6/h1-4H/i4D. The Morgan fingerprint density at radius 3 is 3.00 bits per heavy atom. The predicted octanol–water partition coefficient (Wildman–Crippen LogP) is 1.55. The summed E-state index contributed by atoms with van der Waals surface area (Å²) in [6, 6.07) is 2.94. The molecule has 46 valence electrons. The summed E-state index contributed by atoms with van der Waals surface area (Å²) in [7, 11) is 0. The molecular formula is C6H4ClNO. The lowest BCUT2D eigenvalue weighted by Gasteiger charge is -1.86. The quantitative estimate of drug-likeness (QED) is 0.440. The van der Waals surface area contributed by atoms with Crippen LogP contribution in [0.1, 0.15) is 11.7 Å². The average Bonchev–Trinajstić information content (AvgIpc) is 1.88. The van der Waals surface area contributed by atoms with E-state index in [1.807, 2.05) is 0 Å². The molecule has 3 heteroatoms. The normalized spacial score (nSPS) is 10.6. The Morgan fingerprint density at radius 2 is 2.56 bits per heavy atom. The molecule has 0 aromatic carbocycles. The molecule has 0 N–H and O–H groups in total. The number of aromatic nitrogens is 1. The van der Waals surface area contributed by atoms with Gasteiger partial charge in [0.1, 0.15) is 6.52 Å². The van der Waals surface area contributed by atoms with Gasteiger partial charge in [0, 0.05) is 11.8 Å². The van der Waals surface area contributed by atoms with Crippen LogP contribution in [0.15, 0.2) is 18.3 Å². The summed E-state index contributed by atoms with van der Waals surface area (Å²) in [5, 5.41) is 0.324. The summed E-state index contributed by atoms with van der Waals surface area (Å²) in [5.74, 6) is 0. The SMILES string of the molecule is [2H]C(=O)c1ccc(Cl)nc1. The first-order chi connectivity index (χ1) is 4.70. The first kappa shape index (κ1) is 4.94. The first-order valence-electron chi connectivity index (χ1n) is 2.82. The molecule has 0 atom stereocenters. The molecule has 0 spiro atoms. The molecule has 1 aromatic heterocycles. The summed E-state index contributed by atoms with van der Waals surface area (Å²) in [4.78, 5) is 14.0. The van der Waals surface area contributed by atoms with Crippen LogP contribution in [0.2, 0.25) is 5.15 Å². The Balaban J connectivity index is 3.00. The average molecular weight is 143 g/mol. The van der Waals surface area contributed by atoms with Gasteiger partial charge in [0.2, 0.25) is 0 Å². The third-order valence-corrected chi connectivity index (χ3v) is 1.07. The molecule has 0 aliphatic rings. The van der Waals surface area contributed by atoms with E-state index in [2.05, 4.69) is 4.98 Å². The summed E-state index contributed by atoms with van der Waals surface area (Å²) in [5.41, 5.74) is 0.254. The Morgan fingerprint density at radius 1 is 1.78 bits per heavy atom. The van der Waals surface area contributed by atoms with Gasteiger partial charge in [-0.25, -0.2) is 4.98 Å². The number of nitrogens with zero attached hydrogens (tertiary/aromatic N) is 1. The highest BCUT2D eigenvalue weighted by molar-refractivity contribution is 6.29. The molecule has 2 nitrogen and oxygen atoms in total. The van der Waals surface area contributed by atoms with E-state index >= 15 is 0 Å². The largest absolute Gasteiger partial charge is 0.298 e. The van der Waals surface area contributed by atoms with Crippen LogP contribution in [-0.2, 0) is 0 Å². The van der Waals surface area contributed by atoms with Crippen LogP contribution in [-0.4, -0.2) is 11.2 Å². The number of hydrogen-bond acceptors (Lipinski definition) is 2. The highest BCUT2D eigenvalue weighted by atomic mass is 35.5. The second-order valence-corrected chi connectivity index (χ2v) is 1.86. The van der Waals surface area contributed by atoms with Gasteiger partial charge in [0.15, 0.2) is 6.26 Å². The van der Waals surface area contributed by atoms with Gasteiger partial charge in [-0.1, -0.05) is 11.6 Å². The molecule has 0 bridgehead atoms. The number of carbonyl (C=O) groups excluding carboxylic acids is 1. The molecule has 1 aromatic rings. The van der Waals surface area contributed by atoms with Crippen molar-refractivity contribution in [1.29, 1.82) is 0 Å². The van der Waals surface area contributed by atoms with Crippen LogP contribution in [0.25, 0.3) is 0 Å². The van der Waals surface area contributed by atoms with E-state index in [9.17, 15) is 4.79 Å². The number of rotatable bonds is 1. The van der Waals surface area contributed by atoms with Crippen LogP contribution in [0.5, 0.6) is 0 Å². The van der Waals surface area contributed by atoms with Gasteiger partial charge in [0.05, 0.1) is 0 Å². The molecule has 1 heterocycles. The summed E-state index contributed by atoms with van der Waals surface area (Å²) < 4.78 is 6.67. The number of carbonyl (C=O) groups is 1. The van der Waals surface area contributed by atoms with Gasteiger partial charge in [-0.05, 0) is 12.1 Å². The Bertz CT molecular complexity index is 246. The minimum atomic E-state index is -0.746. The second-order valence-electron chi connectivity index (χ2n) is 1.47. The van der Waals surface area contributed by atoms with Crippen LogP contribution in [0.3, 0.4) is 0 Å². The van der Waals surface area contributed by atoms with Crippen molar-refractivity contribution in [2.75, 3.05) is 0 Å². The van der Waals surface area contributed by atoms with Gasteiger partial charge >= 0.3 is 0 Å². The molecule has 0 aliphatic carbocycles. The van der Waals surface area contributed by atoms with Crippen molar-refractivity contribution in [3.05, 3.63) is 29.0 Å². The van der Waals surface area contributed by atoms with Gasteiger partial charge in [-0.2, -0.15) is 0 Å². The smallest absolute Gasteiger partial charge is 0.151 e. The zero-order valence-corrected chi connectivity index (χ0v) is 5.22. The van der Waals surface area contributed by atoms with Gasteiger partial charge in [0.25, 0.3) is 0 Å². The Kier molecular flexibility index (Phi) is 1.43. The molecule has 0 saturated carbocycles. The van der Waals surface area contributed by atoms with E-state index in [0.717, 1.165) is 0 Å². The van der Waals surface area contributed by atoms with Crippen molar-refractivity contribution < 1.29 is 6.17 Å². The molecule has 0 aliphatic heterocycles. The number of halogens is 1. The fourth-order valence-corrected chi connectivity index (χ4v) is 0.548. The molecule has 0 fully saturated rings. The van der Waals surface area contributed by atoms with Crippen molar-refractivity contribution in [3.63, 3.8) is 0 Å². The summed E-state index contributed by atoms with van der Waals surface area (Å²) in [6.07, 6.45) is 0.529. The third-order valence-electron chi connectivity index (χ3n) is 0.845. The lowest BCUT2D eigenvalue weighted by molar-refractivity contribution is 0.112. The van der Waals surface area contributed by atoms with Crippen LogP contribution in [0.4, 0.5) is 0 Å². The maximum absolute atomic E-state index is 10.3. The lowest BCUT2D eigenvalue weighted by atomic mass is 10.3. The lowest BCUT2D eigenvalue weighted by Crippen LogP contribution is -1.79. The van der Waals surface area contributed by atoms with Crippen molar-refractivity contribution in [2.24, 2.45) is 0 Å².